The Balaban J connectivity index is 3.23. The zero-order valence-electron chi connectivity index (χ0n) is 3.10. The van der Waals surface area contributed by atoms with Gasteiger partial charge in [0, 0.05) is 0 Å². The van der Waals surface area contributed by atoms with Crippen LogP contribution in [0.15, 0.2) is 12.7 Å². The lowest BCUT2D eigenvalue weighted by Gasteiger charge is -1.99. The predicted molar refractivity (Wildman–Crippen MR) is 21.7 cm³/mol. The molecule has 1 N–H and O–H groups in total. The zero-order chi connectivity index (χ0) is 4.99. The second-order valence-electron chi connectivity index (χ2n) is 0.670. The molecular weight excluding hydrogens is 82.0 g/mol. The van der Waals surface area contributed by atoms with Gasteiger partial charge in [0.05, 0.1) is 0 Å². The number of rotatable bonds is 1. The van der Waals surface area contributed by atoms with Crippen molar-refractivity contribution < 1.29 is 4.79 Å². The summed E-state index contributed by atoms with van der Waals surface area (Å²) in [5.41, 5.74) is 1.11. The van der Waals surface area contributed by atoms with Gasteiger partial charge in [-0.1, -0.05) is 6.58 Å². The van der Waals surface area contributed by atoms with E-state index in [1.807, 2.05) is 0 Å². The zero-order valence-corrected chi connectivity index (χ0v) is 3.10. The monoisotopic (exact) mass is 86.0 g/mol. The first kappa shape index (κ1) is 5.17. The van der Waals surface area contributed by atoms with E-state index in [1.54, 1.807) is 0 Å². The molecule has 0 aliphatic carbocycles. The summed E-state index contributed by atoms with van der Waals surface area (Å²) in [6.07, 6.45) is 0.910. The van der Waals surface area contributed by atoms with E-state index in [2.05, 4.69) is 6.58 Å². The van der Waals surface area contributed by atoms with Crippen molar-refractivity contribution >= 4 is 5.91 Å². The minimum atomic E-state index is -0.699. The molecule has 0 fully saturated rings. The summed E-state index contributed by atoms with van der Waals surface area (Å²) < 4.78 is 0. The number of carbonyl (C=O) groups is 1. The molecule has 0 spiro atoms. The smallest absolute Gasteiger partial charge is 0.232 e. The van der Waals surface area contributed by atoms with Gasteiger partial charge in [0.2, 0.25) is 5.91 Å². The largest absolute Gasteiger partial charge is 0.759 e. The van der Waals surface area contributed by atoms with Crippen molar-refractivity contribution in [2.45, 2.75) is 0 Å². The molecule has 6 heavy (non-hydrogen) atoms. The van der Waals surface area contributed by atoms with E-state index >= 15 is 0 Å². The summed E-state index contributed by atoms with van der Waals surface area (Å²) >= 11 is 0. The molecule has 3 nitrogen and oxygen atoms in total. The molecule has 0 saturated heterocycles. The highest BCUT2D eigenvalue weighted by Crippen LogP contribution is 1.57. The molecule has 0 bridgehead atoms. The Hall–Kier alpha value is -0.830. The summed E-state index contributed by atoms with van der Waals surface area (Å²) in [6.45, 7) is 3.02. The first-order valence-corrected chi connectivity index (χ1v) is 1.36. The predicted octanol–water partition coefficient (Wildman–Crippen LogP) is -0.214. The maximum atomic E-state index is 9.64. The average Bonchev–Trinajstić information content (AvgIpc) is 1.65. The summed E-state index contributed by atoms with van der Waals surface area (Å²) in [4.78, 5) is 9.64. The second-order valence-corrected chi connectivity index (χ2v) is 0.670. The Morgan fingerprint density at radius 2 is 2.50 bits per heavy atom. The molecule has 0 atom stereocenters. The van der Waals surface area contributed by atoms with Gasteiger partial charge in [0.15, 0.2) is 0 Å². The van der Waals surface area contributed by atoms with Gasteiger partial charge in [0.1, 0.15) is 0 Å². The third-order valence-electron chi connectivity index (χ3n) is 0.286. The summed E-state index contributed by atoms with van der Waals surface area (Å²) in [6, 6.07) is 0. The van der Waals surface area contributed by atoms with Crippen molar-refractivity contribution in [2.75, 3.05) is 0 Å². The van der Waals surface area contributed by atoms with Crippen molar-refractivity contribution in [1.82, 2.24) is 5.48 Å². The van der Waals surface area contributed by atoms with Gasteiger partial charge < -0.3 is 10.7 Å². The highest BCUT2D eigenvalue weighted by atomic mass is 16.5. The number of amides is 1. The fraction of sp³-hybridized carbons (Fsp3) is 0. The Bertz CT molecular complexity index is 69.2. The van der Waals surface area contributed by atoms with Crippen molar-refractivity contribution in [3.8, 4) is 0 Å². The molecule has 0 heterocycles. The Labute approximate surface area is 35.2 Å². The highest BCUT2D eigenvalue weighted by molar-refractivity contribution is 5.86. The van der Waals surface area contributed by atoms with E-state index < -0.39 is 5.91 Å². The van der Waals surface area contributed by atoms with E-state index in [9.17, 15) is 10.0 Å². The molecule has 0 aliphatic rings. The fourth-order valence-electron chi connectivity index (χ4n) is 0.0417. The Morgan fingerprint density at radius 1 is 2.00 bits per heavy atom. The molecular formula is C3H4NO2-. The van der Waals surface area contributed by atoms with Crippen LogP contribution >= 0.6 is 0 Å². The first-order chi connectivity index (χ1) is 2.81. The number of hydrogen-bond acceptors (Lipinski definition) is 2. The number of hydroxylamine groups is 1. The molecule has 3 heteroatoms. The molecule has 0 aromatic carbocycles. The minimum absolute atomic E-state index is 0.699. The van der Waals surface area contributed by atoms with Crippen LogP contribution in [0, 0.1) is 5.21 Å². The van der Waals surface area contributed by atoms with Crippen molar-refractivity contribution in [2.24, 2.45) is 0 Å². The maximum Gasteiger partial charge on any atom is 0.232 e. The van der Waals surface area contributed by atoms with E-state index in [0.717, 1.165) is 11.6 Å². The summed E-state index contributed by atoms with van der Waals surface area (Å²) in [5.74, 6) is -0.699. The average molecular weight is 86.1 g/mol. The standard InChI is InChI=1S/C3H4NO2/c1-2-3(5)4-6/h2H,1H2,(H-,4,5,6)/q-1. The van der Waals surface area contributed by atoms with Crippen LogP contribution in [0.1, 0.15) is 0 Å². The molecule has 0 radical (unpaired) electrons. The number of carbonyl (C=O) groups excluding carboxylic acids is 1. The van der Waals surface area contributed by atoms with Crippen LogP contribution in [-0.2, 0) is 4.79 Å². The van der Waals surface area contributed by atoms with Crippen LogP contribution in [0.25, 0.3) is 0 Å². The molecule has 34 valence electrons. The minimum Gasteiger partial charge on any atom is -0.759 e. The summed E-state index contributed by atoms with van der Waals surface area (Å²) in [5, 5.41) is 9.19. The molecule has 0 rings (SSSR count). The number of nitrogens with one attached hydrogen (secondary N) is 1. The van der Waals surface area contributed by atoms with E-state index in [-0.39, 0.29) is 0 Å². The van der Waals surface area contributed by atoms with Gasteiger partial charge in [-0.3, -0.25) is 4.79 Å². The normalized spacial score (nSPS) is 6.83. The Morgan fingerprint density at radius 3 is 2.50 bits per heavy atom. The van der Waals surface area contributed by atoms with Crippen LogP contribution in [0.3, 0.4) is 0 Å². The van der Waals surface area contributed by atoms with E-state index in [1.165, 1.54) is 0 Å². The maximum absolute atomic E-state index is 9.64. The van der Waals surface area contributed by atoms with Crippen LogP contribution in [-0.4, -0.2) is 5.91 Å². The summed E-state index contributed by atoms with van der Waals surface area (Å²) in [7, 11) is 0. The molecule has 0 aromatic rings. The quantitative estimate of drug-likeness (QED) is 0.354. The van der Waals surface area contributed by atoms with Crippen LogP contribution in [0.5, 0.6) is 0 Å². The lowest BCUT2D eigenvalue weighted by Crippen LogP contribution is -2.10. The number of hydrogen-bond donors (Lipinski definition) is 1. The lowest BCUT2D eigenvalue weighted by molar-refractivity contribution is -0.115. The van der Waals surface area contributed by atoms with Crippen molar-refractivity contribution in [3.63, 3.8) is 0 Å². The third kappa shape index (κ3) is 1.49. The molecule has 0 saturated carbocycles. The van der Waals surface area contributed by atoms with Crippen LogP contribution in [0.4, 0.5) is 0 Å². The molecule has 0 aliphatic heterocycles. The first-order valence-electron chi connectivity index (χ1n) is 1.36. The van der Waals surface area contributed by atoms with Gasteiger partial charge in [-0.2, -0.15) is 0 Å². The van der Waals surface area contributed by atoms with E-state index in [0.29, 0.717) is 0 Å². The van der Waals surface area contributed by atoms with Gasteiger partial charge in [-0.25, -0.2) is 0 Å². The van der Waals surface area contributed by atoms with Crippen LogP contribution in [0.2, 0.25) is 0 Å². The van der Waals surface area contributed by atoms with E-state index in [4.69, 9.17) is 0 Å². The molecule has 1 amide bonds. The molecule has 0 aromatic heterocycles. The third-order valence-corrected chi connectivity index (χ3v) is 0.286. The topological polar surface area (TPSA) is 52.2 Å². The van der Waals surface area contributed by atoms with Gasteiger partial charge in [0.25, 0.3) is 0 Å². The highest BCUT2D eigenvalue weighted by Gasteiger charge is 1.73. The van der Waals surface area contributed by atoms with Gasteiger partial charge >= 0.3 is 0 Å². The Kier molecular flexibility index (Phi) is 2.08. The SMILES string of the molecule is C=CC(=O)N[O-]. The van der Waals surface area contributed by atoms with Gasteiger partial charge in [-0.15, -0.1) is 0 Å². The lowest BCUT2D eigenvalue weighted by atomic mass is 10.6. The molecule has 0 unspecified atom stereocenters. The van der Waals surface area contributed by atoms with Gasteiger partial charge in [-0.05, 0) is 6.08 Å². The second kappa shape index (κ2) is 2.41. The van der Waals surface area contributed by atoms with Crippen molar-refractivity contribution in [1.29, 1.82) is 0 Å². The van der Waals surface area contributed by atoms with Crippen LogP contribution < -0.4 is 5.48 Å². The van der Waals surface area contributed by atoms with Crippen molar-refractivity contribution in [3.05, 3.63) is 17.9 Å². The fourth-order valence-corrected chi connectivity index (χ4v) is 0.0417.